The van der Waals surface area contributed by atoms with E-state index < -0.39 is 0 Å². The number of rotatable bonds is 7. The SMILES string of the molecule is CC.CC.CCCCN(C)C.COC(C)CCN(C)C. The molecule has 0 aromatic rings. The van der Waals surface area contributed by atoms with Gasteiger partial charge in [-0.25, -0.2) is 0 Å². The lowest BCUT2D eigenvalue weighted by atomic mass is 10.3. The lowest BCUT2D eigenvalue weighted by Crippen LogP contribution is -2.18. The van der Waals surface area contributed by atoms with Gasteiger partial charge < -0.3 is 14.5 Å². The topological polar surface area (TPSA) is 15.7 Å². The molecule has 0 spiro atoms. The third kappa shape index (κ3) is 43.0. The van der Waals surface area contributed by atoms with Gasteiger partial charge in [-0.05, 0) is 61.0 Å². The quantitative estimate of drug-likeness (QED) is 0.693. The molecule has 0 aliphatic heterocycles. The van der Waals surface area contributed by atoms with Gasteiger partial charge in [0.15, 0.2) is 0 Å². The molecule has 3 heteroatoms. The van der Waals surface area contributed by atoms with E-state index in [0.717, 1.165) is 13.0 Å². The van der Waals surface area contributed by atoms with Crippen LogP contribution in [0.1, 0.15) is 60.8 Å². The molecule has 0 heterocycles. The molecule has 0 aromatic carbocycles. The fourth-order valence-electron chi connectivity index (χ4n) is 1.03. The van der Waals surface area contributed by atoms with Crippen LogP contribution in [0.4, 0.5) is 0 Å². The minimum atomic E-state index is 0.396. The Bertz CT molecular complexity index is 128. The first-order valence-corrected chi connectivity index (χ1v) is 8.26. The summed E-state index contributed by atoms with van der Waals surface area (Å²) in [6.45, 7) is 14.6. The monoisotopic (exact) mass is 292 g/mol. The molecule has 0 rings (SSSR count). The maximum absolute atomic E-state index is 5.07. The average molecular weight is 293 g/mol. The fourth-order valence-corrected chi connectivity index (χ4v) is 1.03. The van der Waals surface area contributed by atoms with Crippen LogP contribution in [0.15, 0.2) is 0 Å². The van der Waals surface area contributed by atoms with Gasteiger partial charge >= 0.3 is 0 Å². The van der Waals surface area contributed by atoms with E-state index in [1.165, 1.54) is 19.4 Å². The molecular formula is C17H44N2O. The maximum Gasteiger partial charge on any atom is 0.0555 e. The summed E-state index contributed by atoms with van der Waals surface area (Å²) in [4.78, 5) is 4.37. The molecule has 0 bridgehead atoms. The highest BCUT2D eigenvalue weighted by atomic mass is 16.5. The summed E-state index contributed by atoms with van der Waals surface area (Å²) in [6, 6.07) is 0. The van der Waals surface area contributed by atoms with Crippen molar-refractivity contribution in [1.82, 2.24) is 9.80 Å². The van der Waals surface area contributed by atoms with E-state index in [1.54, 1.807) is 7.11 Å². The summed E-state index contributed by atoms with van der Waals surface area (Å²) in [5.41, 5.74) is 0. The van der Waals surface area contributed by atoms with Gasteiger partial charge in [-0.1, -0.05) is 41.0 Å². The number of methoxy groups -OCH3 is 1. The summed E-state index contributed by atoms with van der Waals surface area (Å²) < 4.78 is 5.07. The highest BCUT2D eigenvalue weighted by Crippen LogP contribution is 1.94. The Kier molecular flexibility index (Phi) is 38.3. The number of nitrogens with zero attached hydrogens (tertiary/aromatic N) is 2. The molecule has 0 aromatic heterocycles. The van der Waals surface area contributed by atoms with Crippen LogP contribution in [0.3, 0.4) is 0 Å². The zero-order chi connectivity index (χ0) is 17.0. The Morgan fingerprint density at radius 3 is 1.45 bits per heavy atom. The molecule has 0 aliphatic carbocycles. The summed E-state index contributed by atoms with van der Waals surface area (Å²) in [5.74, 6) is 0. The Morgan fingerprint density at radius 1 is 0.850 bits per heavy atom. The highest BCUT2D eigenvalue weighted by Gasteiger charge is 1.98. The van der Waals surface area contributed by atoms with Gasteiger partial charge in [0.2, 0.25) is 0 Å². The van der Waals surface area contributed by atoms with Gasteiger partial charge in [0.05, 0.1) is 6.10 Å². The molecule has 0 N–H and O–H groups in total. The Balaban J connectivity index is -0.000000104. The van der Waals surface area contributed by atoms with Gasteiger partial charge in [0, 0.05) is 7.11 Å². The normalized spacial score (nSPS) is 10.7. The second kappa shape index (κ2) is 27.3. The molecule has 1 atom stereocenters. The van der Waals surface area contributed by atoms with Crippen molar-refractivity contribution < 1.29 is 4.74 Å². The van der Waals surface area contributed by atoms with Crippen LogP contribution in [-0.2, 0) is 4.74 Å². The summed E-state index contributed by atoms with van der Waals surface area (Å²) in [6.07, 6.45) is 4.14. The van der Waals surface area contributed by atoms with E-state index >= 15 is 0 Å². The van der Waals surface area contributed by atoms with E-state index in [9.17, 15) is 0 Å². The molecule has 0 aliphatic rings. The Labute approximate surface area is 130 Å². The lowest BCUT2D eigenvalue weighted by Gasteiger charge is -2.12. The molecule has 128 valence electrons. The Hall–Kier alpha value is -0.120. The first-order valence-electron chi connectivity index (χ1n) is 8.26. The van der Waals surface area contributed by atoms with Crippen LogP contribution in [-0.4, -0.2) is 64.3 Å². The minimum absolute atomic E-state index is 0.396. The predicted octanol–water partition coefficient (Wildman–Crippen LogP) is 4.37. The second-order valence-corrected chi connectivity index (χ2v) is 4.80. The van der Waals surface area contributed by atoms with Crippen LogP contribution in [0.5, 0.6) is 0 Å². The molecule has 0 amide bonds. The molecule has 0 fully saturated rings. The van der Waals surface area contributed by atoms with Crippen molar-refractivity contribution in [1.29, 1.82) is 0 Å². The number of ether oxygens (including phenoxy) is 1. The zero-order valence-electron chi connectivity index (χ0n) is 16.4. The largest absolute Gasteiger partial charge is 0.382 e. The van der Waals surface area contributed by atoms with Crippen molar-refractivity contribution in [2.45, 2.75) is 66.9 Å². The van der Waals surface area contributed by atoms with Crippen molar-refractivity contribution in [3.63, 3.8) is 0 Å². The van der Waals surface area contributed by atoms with Crippen molar-refractivity contribution in [3.8, 4) is 0 Å². The molecule has 0 radical (unpaired) electrons. The van der Waals surface area contributed by atoms with Crippen molar-refractivity contribution >= 4 is 0 Å². The standard InChI is InChI=1S/C7H17NO.C6H15N.2C2H6/c1-7(9-4)5-6-8(2)3;1-4-5-6-7(2)3;2*1-2/h7H,5-6H2,1-4H3;4-6H2,1-3H3;2*1-2H3. The van der Waals surface area contributed by atoms with Gasteiger partial charge in [0.1, 0.15) is 0 Å². The van der Waals surface area contributed by atoms with Gasteiger partial charge in [-0.15, -0.1) is 0 Å². The van der Waals surface area contributed by atoms with Crippen LogP contribution in [0.25, 0.3) is 0 Å². The molecule has 1 unspecified atom stereocenters. The van der Waals surface area contributed by atoms with Crippen molar-refractivity contribution in [2.24, 2.45) is 0 Å². The van der Waals surface area contributed by atoms with Crippen LogP contribution in [0, 0.1) is 0 Å². The highest BCUT2D eigenvalue weighted by molar-refractivity contribution is 4.51. The molecule has 3 nitrogen and oxygen atoms in total. The van der Waals surface area contributed by atoms with E-state index in [-0.39, 0.29) is 0 Å². The first kappa shape index (κ1) is 28.1. The van der Waals surface area contributed by atoms with E-state index in [0.29, 0.717) is 6.10 Å². The summed E-state index contributed by atoms with van der Waals surface area (Å²) >= 11 is 0. The van der Waals surface area contributed by atoms with Gasteiger partial charge in [-0.3, -0.25) is 0 Å². The lowest BCUT2D eigenvalue weighted by molar-refractivity contribution is 0.103. The molecule has 0 saturated carbocycles. The van der Waals surface area contributed by atoms with Crippen LogP contribution in [0.2, 0.25) is 0 Å². The summed E-state index contributed by atoms with van der Waals surface area (Å²) in [5, 5.41) is 0. The molecule has 20 heavy (non-hydrogen) atoms. The maximum atomic E-state index is 5.07. The number of unbranched alkanes of at least 4 members (excludes halogenated alkanes) is 1. The van der Waals surface area contributed by atoms with E-state index in [4.69, 9.17) is 4.74 Å². The number of hydrogen-bond donors (Lipinski definition) is 0. The van der Waals surface area contributed by atoms with Gasteiger partial charge in [-0.2, -0.15) is 0 Å². The zero-order valence-corrected chi connectivity index (χ0v) is 16.4. The Morgan fingerprint density at radius 2 is 1.25 bits per heavy atom. The molecular weight excluding hydrogens is 248 g/mol. The number of hydrogen-bond acceptors (Lipinski definition) is 3. The third-order valence-corrected chi connectivity index (χ3v) is 2.34. The third-order valence-electron chi connectivity index (χ3n) is 2.34. The predicted molar refractivity (Wildman–Crippen MR) is 95.8 cm³/mol. The van der Waals surface area contributed by atoms with Crippen LogP contribution < -0.4 is 0 Å². The second-order valence-electron chi connectivity index (χ2n) is 4.80. The molecule has 0 saturated heterocycles. The minimum Gasteiger partial charge on any atom is -0.382 e. The van der Waals surface area contributed by atoms with E-state index in [2.05, 4.69) is 51.8 Å². The smallest absolute Gasteiger partial charge is 0.0555 e. The summed E-state index contributed by atoms with van der Waals surface area (Å²) in [7, 11) is 10.1. The van der Waals surface area contributed by atoms with E-state index in [1.807, 2.05) is 27.7 Å². The average Bonchev–Trinajstić information content (AvgIpc) is 2.47. The van der Waals surface area contributed by atoms with Crippen molar-refractivity contribution in [2.75, 3.05) is 48.4 Å². The first-order chi connectivity index (χ1) is 9.43. The fraction of sp³-hybridized carbons (Fsp3) is 1.00. The van der Waals surface area contributed by atoms with Crippen LogP contribution >= 0.6 is 0 Å². The van der Waals surface area contributed by atoms with Crippen molar-refractivity contribution in [3.05, 3.63) is 0 Å². The van der Waals surface area contributed by atoms with Gasteiger partial charge in [0.25, 0.3) is 0 Å².